The number of hydrogen-bond acceptors (Lipinski definition) is 6. The minimum Gasteiger partial charge on any atom is -0.422 e. The molecule has 8 nitrogen and oxygen atoms in total. The first kappa shape index (κ1) is 21.9. The molecule has 3 rings (SSSR count). The number of hydrazone groups is 1. The van der Waals surface area contributed by atoms with Crippen LogP contribution in [-0.2, 0) is 0 Å². The highest BCUT2D eigenvalue weighted by Gasteiger charge is 2.15. The average molecular weight is 458 g/mol. The van der Waals surface area contributed by atoms with Gasteiger partial charge in [0, 0.05) is 33.3 Å². The molecule has 0 unspecified atom stereocenters. The second kappa shape index (κ2) is 9.84. The van der Waals surface area contributed by atoms with Crippen LogP contribution in [0.25, 0.3) is 0 Å². The van der Waals surface area contributed by atoms with E-state index in [1.165, 1.54) is 54.6 Å². The van der Waals surface area contributed by atoms with Crippen LogP contribution in [0.3, 0.4) is 0 Å². The van der Waals surface area contributed by atoms with Crippen molar-refractivity contribution in [2.75, 3.05) is 0 Å². The number of nitrogens with zero attached hydrogens (tertiary/aromatic N) is 2. The molecule has 0 bridgehead atoms. The van der Waals surface area contributed by atoms with Gasteiger partial charge in [-0.2, -0.15) is 5.10 Å². The fourth-order valence-electron chi connectivity index (χ4n) is 2.41. The predicted octanol–water partition coefficient (Wildman–Crippen LogP) is 4.88. The van der Waals surface area contributed by atoms with E-state index in [9.17, 15) is 19.7 Å². The highest BCUT2D eigenvalue weighted by atomic mass is 35.5. The molecule has 0 spiro atoms. The molecule has 0 saturated carbocycles. The smallest absolute Gasteiger partial charge is 0.343 e. The summed E-state index contributed by atoms with van der Waals surface area (Å²) in [7, 11) is 0. The first-order valence-electron chi connectivity index (χ1n) is 8.68. The number of non-ortho nitro benzene ring substituents is 1. The van der Waals surface area contributed by atoms with Crippen LogP contribution < -0.4 is 10.2 Å². The van der Waals surface area contributed by atoms with E-state index in [1.807, 2.05) is 0 Å². The number of nitrogens with one attached hydrogen (secondary N) is 1. The number of ether oxygens (including phenoxy) is 1. The third-order valence-corrected chi connectivity index (χ3v) is 4.47. The Morgan fingerprint density at radius 2 is 1.52 bits per heavy atom. The fraction of sp³-hybridized carbons (Fsp3) is 0. The van der Waals surface area contributed by atoms with Crippen molar-refractivity contribution >= 4 is 47.0 Å². The largest absolute Gasteiger partial charge is 0.422 e. The Labute approximate surface area is 186 Å². The Balaban J connectivity index is 1.80. The normalized spacial score (nSPS) is 10.6. The summed E-state index contributed by atoms with van der Waals surface area (Å²) < 4.78 is 5.34. The first-order valence-corrected chi connectivity index (χ1v) is 9.44. The average Bonchev–Trinajstić information content (AvgIpc) is 2.75. The molecule has 156 valence electrons. The lowest BCUT2D eigenvalue weighted by Gasteiger charge is -2.08. The Bertz CT molecular complexity index is 1160. The summed E-state index contributed by atoms with van der Waals surface area (Å²) in [5.74, 6) is -1.18. The van der Waals surface area contributed by atoms with E-state index >= 15 is 0 Å². The molecule has 10 heteroatoms. The molecular formula is C21H13Cl2N3O5. The Morgan fingerprint density at radius 3 is 2.10 bits per heavy atom. The monoisotopic (exact) mass is 457 g/mol. The van der Waals surface area contributed by atoms with Gasteiger partial charge in [-0.25, -0.2) is 10.2 Å². The van der Waals surface area contributed by atoms with Crippen LogP contribution in [0.15, 0.2) is 71.8 Å². The number of amides is 1. The third kappa shape index (κ3) is 5.88. The molecule has 3 aromatic rings. The predicted molar refractivity (Wildman–Crippen MR) is 116 cm³/mol. The van der Waals surface area contributed by atoms with Crippen molar-refractivity contribution in [2.24, 2.45) is 5.10 Å². The molecule has 1 N–H and O–H groups in total. The van der Waals surface area contributed by atoms with Gasteiger partial charge in [-0.3, -0.25) is 14.9 Å². The van der Waals surface area contributed by atoms with E-state index in [0.717, 1.165) is 6.21 Å². The Kier molecular flexibility index (Phi) is 6.96. The van der Waals surface area contributed by atoms with E-state index in [-0.39, 0.29) is 22.6 Å². The topological polar surface area (TPSA) is 111 Å². The summed E-state index contributed by atoms with van der Waals surface area (Å²) in [4.78, 5) is 35.0. The van der Waals surface area contributed by atoms with Gasteiger partial charge in [0.2, 0.25) is 0 Å². The maximum absolute atomic E-state index is 12.4. The van der Waals surface area contributed by atoms with Crippen molar-refractivity contribution in [3.63, 3.8) is 0 Å². The van der Waals surface area contributed by atoms with Crippen molar-refractivity contribution in [1.82, 2.24) is 5.43 Å². The molecule has 1 amide bonds. The summed E-state index contributed by atoms with van der Waals surface area (Å²) in [6, 6.07) is 15.8. The quantitative estimate of drug-likeness (QED) is 0.186. The fourth-order valence-corrected chi connectivity index (χ4v) is 2.67. The zero-order chi connectivity index (χ0) is 22.4. The first-order chi connectivity index (χ1) is 14.8. The van der Waals surface area contributed by atoms with Gasteiger partial charge in [-0.05, 0) is 54.6 Å². The number of benzene rings is 3. The van der Waals surface area contributed by atoms with Crippen LogP contribution in [0, 0.1) is 10.1 Å². The van der Waals surface area contributed by atoms with Crippen LogP contribution >= 0.6 is 23.2 Å². The van der Waals surface area contributed by atoms with E-state index in [0.29, 0.717) is 15.6 Å². The van der Waals surface area contributed by atoms with Gasteiger partial charge in [-0.15, -0.1) is 0 Å². The molecule has 0 fully saturated rings. The molecule has 0 atom stereocenters. The van der Waals surface area contributed by atoms with Gasteiger partial charge >= 0.3 is 5.97 Å². The van der Waals surface area contributed by atoms with Gasteiger partial charge in [0.1, 0.15) is 5.75 Å². The second-order valence-electron chi connectivity index (χ2n) is 6.08. The highest BCUT2D eigenvalue weighted by Crippen LogP contribution is 2.24. The van der Waals surface area contributed by atoms with Crippen LogP contribution in [0.4, 0.5) is 5.69 Å². The molecule has 0 aliphatic heterocycles. The lowest BCUT2D eigenvalue weighted by Crippen LogP contribution is -2.17. The molecule has 3 aromatic carbocycles. The van der Waals surface area contributed by atoms with Gasteiger partial charge in [0.05, 0.1) is 16.7 Å². The van der Waals surface area contributed by atoms with E-state index in [4.69, 9.17) is 27.9 Å². The SMILES string of the molecule is O=C(N/N=C/c1cc([N+](=O)[O-])ccc1OC(=O)c1ccc(Cl)cc1)c1ccc(Cl)cc1. The summed E-state index contributed by atoms with van der Waals surface area (Å²) in [6.07, 6.45) is 1.14. The maximum Gasteiger partial charge on any atom is 0.343 e. The highest BCUT2D eigenvalue weighted by molar-refractivity contribution is 6.31. The number of nitro benzene ring substituents is 1. The number of esters is 1. The van der Waals surface area contributed by atoms with Gasteiger partial charge in [0.25, 0.3) is 11.6 Å². The van der Waals surface area contributed by atoms with Gasteiger partial charge in [-0.1, -0.05) is 23.2 Å². The zero-order valence-electron chi connectivity index (χ0n) is 15.6. The zero-order valence-corrected chi connectivity index (χ0v) is 17.1. The lowest BCUT2D eigenvalue weighted by atomic mass is 10.2. The molecule has 31 heavy (non-hydrogen) atoms. The van der Waals surface area contributed by atoms with Crippen molar-refractivity contribution in [1.29, 1.82) is 0 Å². The standard InChI is InChI=1S/C21H13Cl2N3O5/c22-16-5-1-13(2-6-16)20(27)25-24-12-15-11-18(26(29)30)9-10-19(15)31-21(28)14-3-7-17(23)8-4-14/h1-12H,(H,25,27)/b24-12+. The molecule has 0 saturated heterocycles. The van der Waals surface area contributed by atoms with Crippen LogP contribution in [0.5, 0.6) is 5.75 Å². The van der Waals surface area contributed by atoms with E-state index in [1.54, 1.807) is 12.1 Å². The number of hydrogen-bond donors (Lipinski definition) is 1. The van der Waals surface area contributed by atoms with Gasteiger partial charge < -0.3 is 4.74 Å². The lowest BCUT2D eigenvalue weighted by molar-refractivity contribution is -0.384. The van der Waals surface area contributed by atoms with E-state index < -0.39 is 16.8 Å². The minimum atomic E-state index is -0.689. The second-order valence-corrected chi connectivity index (χ2v) is 6.95. The number of carbonyl (C=O) groups is 2. The molecule has 0 aromatic heterocycles. The maximum atomic E-state index is 12.4. The third-order valence-electron chi connectivity index (χ3n) is 3.96. The van der Waals surface area contributed by atoms with Crippen molar-refractivity contribution in [3.05, 3.63) is 104 Å². The Hall–Kier alpha value is -3.75. The minimum absolute atomic E-state index is 0.0232. The summed E-state index contributed by atoms with van der Waals surface area (Å²) in [6.45, 7) is 0. The van der Waals surface area contributed by atoms with Crippen molar-refractivity contribution in [3.8, 4) is 5.75 Å². The number of rotatable bonds is 6. The number of carbonyl (C=O) groups excluding carboxylic acids is 2. The summed E-state index contributed by atoms with van der Waals surface area (Å²) in [5.41, 5.74) is 2.73. The molecular weight excluding hydrogens is 445 g/mol. The van der Waals surface area contributed by atoms with Crippen molar-refractivity contribution in [2.45, 2.75) is 0 Å². The summed E-state index contributed by atoms with van der Waals surface area (Å²) >= 11 is 11.6. The molecule has 0 aliphatic rings. The number of halogens is 2. The van der Waals surface area contributed by atoms with Crippen molar-refractivity contribution < 1.29 is 19.2 Å². The molecule has 0 radical (unpaired) electrons. The number of nitro groups is 1. The molecule has 0 heterocycles. The Morgan fingerprint density at radius 1 is 0.935 bits per heavy atom. The van der Waals surface area contributed by atoms with E-state index in [2.05, 4.69) is 10.5 Å². The summed E-state index contributed by atoms with van der Waals surface area (Å²) in [5, 5.41) is 15.8. The molecule has 0 aliphatic carbocycles. The van der Waals surface area contributed by atoms with Crippen LogP contribution in [0.1, 0.15) is 26.3 Å². The van der Waals surface area contributed by atoms with Crippen LogP contribution in [-0.4, -0.2) is 23.0 Å². The van der Waals surface area contributed by atoms with Gasteiger partial charge in [0.15, 0.2) is 0 Å². The van der Waals surface area contributed by atoms with Crippen LogP contribution in [0.2, 0.25) is 10.0 Å².